The monoisotopic (exact) mass is 1250 g/mol. The van der Waals surface area contributed by atoms with Crippen LogP contribution in [0.2, 0.25) is 0 Å². The van der Waals surface area contributed by atoms with E-state index in [9.17, 15) is 36.7 Å². The van der Waals surface area contributed by atoms with Crippen molar-refractivity contribution in [2.24, 2.45) is 22.1 Å². The van der Waals surface area contributed by atoms with Gasteiger partial charge in [-0.15, -0.1) is 0 Å². The van der Waals surface area contributed by atoms with Crippen LogP contribution in [-0.4, -0.2) is 58.5 Å². The van der Waals surface area contributed by atoms with Gasteiger partial charge in [0.05, 0.1) is 11.2 Å². The van der Waals surface area contributed by atoms with Gasteiger partial charge in [0, 0.05) is 85.1 Å². The fraction of sp³-hybridized carbons (Fsp3) is 0.280. The number of oxime groups is 2. The maximum atomic E-state index is 14.7. The molecule has 1 unspecified atom stereocenters. The molecule has 11 nitrogen and oxygen atoms in total. The first-order valence-corrected chi connectivity index (χ1v) is 31.4. The largest absolute Gasteiger partial charge is 0.486 e. The molecule has 0 aliphatic carbocycles. The van der Waals surface area contributed by atoms with E-state index in [0.29, 0.717) is 45.4 Å². The lowest BCUT2D eigenvalue weighted by molar-refractivity contribution is -0.148. The number of ether oxygens (including phenoxy) is 1. The third-order valence-corrected chi connectivity index (χ3v) is 16.9. The Labute approximate surface area is 531 Å². The number of unbranched alkanes of at least 4 members (excludes halogenated alkanes) is 1. The lowest BCUT2D eigenvalue weighted by Gasteiger charge is -2.19. The number of hydrogen-bond donors (Lipinski definition) is 0. The van der Waals surface area contributed by atoms with E-state index in [2.05, 4.69) is 42.6 Å². The van der Waals surface area contributed by atoms with Crippen LogP contribution < -0.4 is 4.74 Å². The highest BCUT2D eigenvalue weighted by Crippen LogP contribution is 2.40. The minimum atomic E-state index is -4.40. The maximum Gasteiger partial charge on any atom is 0.340 e. The van der Waals surface area contributed by atoms with Crippen molar-refractivity contribution >= 4 is 90.2 Å². The molecule has 0 N–H and O–H groups in total. The normalized spacial score (nSPS) is 12.4. The number of aromatic nitrogens is 1. The number of halogens is 4. The lowest BCUT2D eigenvalue weighted by atomic mass is 9.89. The molecule has 0 saturated carbocycles. The van der Waals surface area contributed by atoms with Crippen LogP contribution in [0.5, 0.6) is 5.75 Å². The van der Waals surface area contributed by atoms with Gasteiger partial charge in [-0.3, -0.25) is 9.59 Å². The maximum absolute atomic E-state index is 14.7. The molecule has 8 aromatic carbocycles. The van der Waals surface area contributed by atoms with E-state index in [1.165, 1.54) is 32.0 Å². The number of nitrogens with zero attached hydrogens (tertiary/aromatic N) is 3. The minimum absolute atomic E-state index is 0.0661. The number of para-hydroxylation sites is 2. The summed E-state index contributed by atoms with van der Waals surface area (Å²) in [6, 6.07) is 50.5. The van der Waals surface area contributed by atoms with E-state index in [1.54, 1.807) is 30.0 Å². The second kappa shape index (κ2) is 29.7. The van der Waals surface area contributed by atoms with E-state index < -0.39 is 30.9 Å². The Balaban J connectivity index is 0.000000240. The molecule has 10 rings (SSSR count). The standard InChI is InChI=1S/C46H46F4N2O4.C29H27NO4S/c1-7-9-14-31(8-2)25-52-39-20-19-32(42(51-56-30(6)53)35-17-12-13-18-40(35)55-26-46(49,50)45(47)48)23-36(39)37-24-38(33-15-10-11-16-34(33)43(37)52)44(54)41-28(4)21-27(3)22-29(41)5;1-19(2)8-17-26(30-34-20(3)31)21-9-13-24(14-10-21)35-25-15-11-22(12-16-25)29(32)28-18-23-6-4-5-7-27(23)33-28/h10-13,15-24,31,45H,7-9,14,25-26H2,1-6H3;4-7,9-16,18-19H,8,17H2,1-3H3/b51-42+;30-26+. The van der Waals surface area contributed by atoms with Crippen molar-refractivity contribution in [1.82, 2.24) is 4.57 Å². The highest BCUT2D eigenvalue weighted by atomic mass is 32.2. The van der Waals surface area contributed by atoms with Gasteiger partial charge in [0.25, 0.3) is 0 Å². The first kappa shape index (κ1) is 66.3. The number of aryl methyl sites for hydroxylation is 3. The molecule has 91 heavy (non-hydrogen) atoms. The summed E-state index contributed by atoms with van der Waals surface area (Å²) in [6.07, 6.45) is 1.95. The summed E-state index contributed by atoms with van der Waals surface area (Å²) < 4.78 is 67.5. The first-order valence-electron chi connectivity index (χ1n) is 30.5. The lowest BCUT2D eigenvalue weighted by Crippen LogP contribution is -2.34. The molecule has 2 aromatic heterocycles. The Bertz CT molecular complexity index is 4300. The van der Waals surface area contributed by atoms with Crippen molar-refractivity contribution in [3.05, 3.63) is 220 Å². The number of rotatable bonds is 24. The number of carbonyl (C=O) groups is 4. The van der Waals surface area contributed by atoms with Gasteiger partial charge in [-0.05, 0) is 153 Å². The minimum Gasteiger partial charge on any atom is -0.486 e. The van der Waals surface area contributed by atoms with Crippen LogP contribution in [0.3, 0.4) is 0 Å². The molecule has 0 fully saturated rings. The molecule has 1 atom stereocenters. The van der Waals surface area contributed by atoms with Gasteiger partial charge in [-0.25, -0.2) is 18.4 Å². The molecule has 0 bridgehead atoms. The topological polar surface area (TPSA) is 139 Å². The van der Waals surface area contributed by atoms with Crippen LogP contribution in [-0.2, 0) is 25.8 Å². The van der Waals surface area contributed by atoms with Crippen LogP contribution in [0.1, 0.15) is 145 Å². The number of fused-ring (bicyclic) bond motifs is 6. The zero-order valence-electron chi connectivity index (χ0n) is 52.5. The Morgan fingerprint density at radius 1 is 0.637 bits per heavy atom. The predicted octanol–water partition coefficient (Wildman–Crippen LogP) is 19.4. The van der Waals surface area contributed by atoms with Gasteiger partial charge in [0.1, 0.15) is 17.0 Å². The van der Waals surface area contributed by atoms with Gasteiger partial charge < -0.3 is 23.4 Å². The quantitative estimate of drug-likeness (QED) is 0.0190. The molecular weight excluding hydrogens is 1180 g/mol. The van der Waals surface area contributed by atoms with Crippen molar-refractivity contribution in [3.63, 3.8) is 0 Å². The molecule has 0 aliphatic rings. The van der Waals surface area contributed by atoms with Crippen molar-refractivity contribution < 1.29 is 55.6 Å². The third kappa shape index (κ3) is 15.9. The van der Waals surface area contributed by atoms with E-state index in [1.807, 2.05) is 148 Å². The van der Waals surface area contributed by atoms with Crippen LogP contribution in [0.25, 0.3) is 43.5 Å². The Morgan fingerprint density at radius 3 is 1.89 bits per heavy atom. The fourth-order valence-corrected chi connectivity index (χ4v) is 12.1. The second-order valence-corrected chi connectivity index (χ2v) is 24.4. The third-order valence-electron chi connectivity index (χ3n) is 15.8. The van der Waals surface area contributed by atoms with Crippen molar-refractivity contribution in [3.8, 4) is 5.75 Å². The first-order chi connectivity index (χ1) is 43.6. The van der Waals surface area contributed by atoms with Crippen LogP contribution in [0.15, 0.2) is 188 Å². The predicted molar refractivity (Wildman–Crippen MR) is 354 cm³/mol. The molecule has 0 radical (unpaired) electrons. The van der Waals surface area contributed by atoms with Gasteiger partial charge in [-0.1, -0.05) is 160 Å². The zero-order valence-corrected chi connectivity index (χ0v) is 53.3. The van der Waals surface area contributed by atoms with Gasteiger partial charge >= 0.3 is 24.3 Å². The summed E-state index contributed by atoms with van der Waals surface area (Å²) in [5.74, 6) is -4.69. The SMILES string of the molecule is CC(=O)O/N=C(\CCC(C)C)c1ccc(Sc2ccc(C(=O)c3cc4ccccc4o3)cc2)cc1.CCCCC(CC)Cn1c2ccc(/C(=N\OC(C)=O)c3ccccc3OCC(F)(F)C(F)F)cc2c2cc(C(=O)c3c(C)cc(C)cc3C)c3ccccc3c21. The summed E-state index contributed by atoms with van der Waals surface area (Å²) in [4.78, 5) is 62.9. The molecule has 16 heteroatoms. The number of carbonyl (C=O) groups excluding carboxylic acids is 4. The highest BCUT2D eigenvalue weighted by Gasteiger charge is 2.42. The molecule has 470 valence electrons. The summed E-state index contributed by atoms with van der Waals surface area (Å²) in [6.45, 7) is 16.3. The number of furan rings is 1. The number of ketones is 2. The average Bonchev–Trinajstić information content (AvgIpc) is 1.60. The summed E-state index contributed by atoms with van der Waals surface area (Å²) in [5, 5.41) is 12.5. The second-order valence-electron chi connectivity index (χ2n) is 23.3. The van der Waals surface area contributed by atoms with Crippen LogP contribution in [0.4, 0.5) is 17.6 Å². The summed E-state index contributed by atoms with van der Waals surface area (Å²) in [5.41, 5.74) is 9.58. The molecule has 0 saturated heterocycles. The average molecular weight is 1250 g/mol. The molecule has 0 aliphatic heterocycles. The van der Waals surface area contributed by atoms with Gasteiger partial charge in [0.15, 0.2) is 18.2 Å². The summed E-state index contributed by atoms with van der Waals surface area (Å²) >= 11 is 1.60. The molecule has 0 amide bonds. The van der Waals surface area contributed by atoms with E-state index in [4.69, 9.17) is 18.8 Å². The van der Waals surface area contributed by atoms with Crippen LogP contribution >= 0.6 is 11.8 Å². The van der Waals surface area contributed by atoms with E-state index in [0.717, 1.165) is 121 Å². The highest BCUT2D eigenvalue weighted by molar-refractivity contribution is 7.99. The van der Waals surface area contributed by atoms with E-state index >= 15 is 0 Å². The smallest absolute Gasteiger partial charge is 0.340 e. The Morgan fingerprint density at radius 2 is 1.25 bits per heavy atom. The number of alkyl halides is 4. The Hall–Kier alpha value is -9.15. The van der Waals surface area contributed by atoms with Gasteiger partial charge in [-0.2, -0.15) is 8.78 Å². The summed E-state index contributed by atoms with van der Waals surface area (Å²) in [7, 11) is 0. The zero-order chi connectivity index (χ0) is 65.1. The van der Waals surface area contributed by atoms with Crippen molar-refractivity contribution in [2.45, 2.75) is 130 Å². The van der Waals surface area contributed by atoms with Crippen molar-refractivity contribution in [2.75, 3.05) is 6.61 Å². The van der Waals surface area contributed by atoms with Crippen LogP contribution in [0, 0.1) is 32.6 Å². The van der Waals surface area contributed by atoms with Crippen molar-refractivity contribution in [1.29, 1.82) is 0 Å². The Kier molecular flexibility index (Phi) is 21.6. The molecule has 10 aromatic rings. The molecule has 0 spiro atoms. The van der Waals surface area contributed by atoms with E-state index in [-0.39, 0.29) is 28.6 Å². The molecule has 2 heterocycles. The number of benzene rings is 8. The number of hydrogen-bond acceptors (Lipinski definition) is 11. The van der Waals surface area contributed by atoms with Gasteiger partial charge in [0.2, 0.25) is 5.78 Å². The molecular formula is C75H73F4N3O8S. The fourth-order valence-electron chi connectivity index (χ4n) is 11.3.